The van der Waals surface area contributed by atoms with Crippen molar-refractivity contribution in [3.05, 3.63) is 108 Å². The second-order valence-corrected chi connectivity index (χ2v) is 20.3. The fourth-order valence-electron chi connectivity index (χ4n) is 6.80. The fraction of sp³-hybridized carbons (Fsp3) is 0.378. The van der Waals surface area contributed by atoms with E-state index in [-0.39, 0.29) is 66.3 Å². The quantitative estimate of drug-likeness (QED) is 0.0987. The van der Waals surface area contributed by atoms with Crippen molar-refractivity contribution < 1.29 is 45.7 Å². The Hall–Kier alpha value is -6.58. The minimum absolute atomic E-state index is 0.0156. The minimum atomic E-state index is -3.85. The van der Waals surface area contributed by atoms with Crippen LogP contribution in [0.2, 0.25) is 0 Å². The van der Waals surface area contributed by atoms with E-state index in [1.165, 1.54) is 27.7 Å². The number of sulfone groups is 1. The summed E-state index contributed by atoms with van der Waals surface area (Å²) in [4.78, 5) is 24.1. The summed E-state index contributed by atoms with van der Waals surface area (Å²) in [6, 6.07) is 17.8. The first-order valence-corrected chi connectivity index (χ1v) is 24.3. The number of primary sulfonamides is 1. The summed E-state index contributed by atoms with van der Waals surface area (Å²) in [6.07, 6.45) is 7.42. The Balaban J connectivity index is 0.000000249. The third kappa shape index (κ3) is 14.5. The topological polar surface area (TPSA) is 264 Å². The lowest BCUT2D eigenvalue weighted by Gasteiger charge is -2.22. The molecule has 3 N–H and O–H groups in total. The Morgan fingerprint density at radius 2 is 1.17 bits per heavy atom. The Morgan fingerprint density at radius 1 is 0.712 bits per heavy atom. The lowest BCUT2D eigenvalue weighted by atomic mass is 9.89. The molecule has 0 aliphatic heterocycles. The summed E-state index contributed by atoms with van der Waals surface area (Å²) >= 11 is 0. The van der Waals surface area contributed by atoms with Gasteiger partial charge in [0.15, 0.2) is 19.9 Å². The molecule has 4 aromatic heterocycles. The molecule has 6 rings (SSSR count). The second kappa shape index (κ2) is 21.6. The highest BCUT2D eigenvalue weighted by molar-refractivity contribution is 7.90. The van der Waals surface area contributed by atoms with Crippen molar-refractivity contribution in [1.82, 2.24) is 40.0 Å². The first-order valence-electron chi connectivity index (χ1n) is 20.9. The number of carboxylic acid groups (broad SMARTS) is 1. The maximum absolute atomic E-state index is 12.7. The van der Waals surface area contributed by atoms with E-state index in [2.05, 4.69) is 44.4 Å². The van der Waals surface area contributed by atoms with Crippen molar-refractivity contribution in [2.24, 2.45) is 5.14 Å². The zero-order valence-electron chi connectivity index (χ0n) is 38.1. The van der Waals surface area contributed by atoms with Gasteiger partial charge in [-0.2, -0.15) is 20.4 Å². The van der Waals surface area contributed by atoms with Gasteiger partial charge in [0.1, 0.15) is 18.8 Å². The smallest absolute Gasteiger partial charge is 0.310 e. The summed E-state index contributed by atoms with van der Waals surface area (Å²) in [5.74, 6) is -0.257. The van der Waals surface area contributed by atoms with Crippen molar-refractivity contribution in [2.45, 2.75) is 102 Å². The van der Waals surface area contributed by atoms with Gasteiger partial charge in [-0.3, -0.25) is 19.0 Å². The van der Waals surface area contributed by atoms with Crippen molar-refractivity contribution in [1.29, 1.82) is 0 Å². The number of rotatable bonds is 18. The first kappa shape index (κ1) is 50.4. The highest BCUT2D eigenvalue weighted by atomic mass is 32.2. The molecule has 352 valence electrons. The summed E-state index contributed by atoms with van der Waals surface area (Å²) in [5, 5.41) is 38.2. The van der Waals surface area contributed by atoms with Crippen LogP contribution in [0.4, 0.5) is 0 Å². The van der Waals surface area contributed by atoms with E-state index in [0.29, 0.717) is 18.0 Å². The highest BCUT2D eigenvalue weighted by Crippen LogP contribution is 2.33. The molecule has 0 aliphatic rings. The largest absolute Gasteiger partial charge is 0.481 e. The molecule has 0 spiro atoms. The number of ether oxygens (including phenoxy) is 3. The average Bonchev–Trinajstić information content (AvgIpc) is 3.92. The maximum atomic E-state index is 12.7. The molecule has 0 saturated carbocycles. The first-order chi connectivity index (χ1) is 31.0. The van der Waals surface area contributed by atoms with Crippen LogP contribution in [-0.4, -0.2) is 98.9 Å². The summed E-state index contributed by atoms with van der Waals surface area (Å²) in [6.45, 7) is 14.7. The van der Waals surface area contributed by atoms with Crippen molar-refractivity contribution in [2.75, 3.05) is 19.5 Å². The van der Waals surface area contributed by atoms with Gasteiger partial charge in [0.2, 0.25) is 11.8 Å². The molecule has 6 aromatic rings. The number of esters is 1. The van der Waals surface area contributed by atoms with Gasteiger partial charge in [-0.25, -0.2) is 22.0 Å². The summed E-state index contributed by atoms with van der Waals surface area (Å²) in [7, 11) is -7.21. The van der Waals surface area contributed by atoms with Crippen LogP contribution in [-0.2, 0) is 60.1 Å². The van der Waals surface area contributed by atoms with Crippen LogP contribution in [0.5, 0.6) is 11.8 Å². The average molecular weight is 946 g/mol. The van der Waals surface area contributed by atoms with Gasteiger partial charge in [-0.15, -0.1) is 10.2 Å². The number of nitrogens with zero attached hydrogens (tertiary/aromatic N) is 8. The summed E-state index contributed by atoms with van der Waals surface area (Å²) in [5.41, 5.74) is 6.17. The predicted octanol–water partition coefficient (Wildman–Crippen LogP) is 5.65. The molecule has 0 unspecified atom stereocenters. The van der Waals surface area contributed by atoms with Crippen molar-refractivity contribution >= 4 is 31.8 Å². The number of carbonyl (C=O) groups excluding carboxylic acids is 1. The predicted molar refractivity (Wildman–Crippen MR) is 244 cm³/mol. The van der Waals surface area contributed by atoms with Crippen molar-refractivity contribution in [3.8, 4) is 34.0 Å². The van der Waals surface area contributed by atoms with E-state index < -0.39 is 31.4 Å². The standard InChI is InChI=1S/C25H32N4O5S.C20H23N5O5S/c1-17(2)19-8-7-9-20(21(19)15-24(30)34-25(3,4)5)18-14-22(27-26-16-18)33-13-12-29-11-10-23(28-29)35(6,31)32;1-13(2)15-4-3-5-16(17(15)11-20(26)27)14-10-18(23-22-12-14)30-9-8-25-7-6-19(24-25)31(21,28)29/h7-11,14,16-17H,12-13,15H2,1-6H3;3-7,10,12-13H,8-9,11H2,1-2H3,(H,26,27)(H2,21,28,29). The van der Waals surface area contributed by atoms with Crippen LogP contribution in [0.1, 0.15) is 82.6 Å². The monoisotopic (exact) mass is 945 g/mol. The normalized spacial score (nSPS) is 11.9. The number of aliphatic carboxylic acids is 1. The number of carbonyl (C=O) groups is 2. The van der Waals surface area contributed by atoms with E-state index in [4.69, 9.17) is 19.3 Å². The third-order valence-corrected chi connectivity index (χ3v) is 11.4. The zero-order chi connectivity index (χ0) is 48.4. The van der Waals surface area contributed by atoms with Crippen LogP contribution >= 0.6 is 0 Å². The van der Waals surface area contributed by atoms with Gasteiger partial charge < -0.3 is 19.3 Å². The number of benzene rings is 2. The number of hydrogen-bond donors (Lipinski definition) is 2. The Bertz CT molecular complexity index is 2870. The molecular formula is C45H55N9O10S2. The number of aromatic nitrogens is 8. The van der Waals surface area contributed by atoms with Gasteiger partial charge in [-0.05, 0) is 78.1 Å². The van der Waals surface area contributed by atoms with Gasteiger partial charge in [0, 0.05) is 41.9 Å². The molecule has 21 heteroatoms. The molecule has 0 atom stereocenters. The number of nitrogens with two attached hydrogens (primary N) is 1. The van der Waals surface area contributed by atoms with Gasteiger partial charge in [-0.1, -0.05) is 64.1 Å². The van der Waals surface area contributed by atoms with Crippen LogP contribution in [0.3, 0.4) is 0 Å². The molecule has 0 saturated heterocycles. The van der Waals surface area contributed by atoms with Gasteiger partial charge in [0.25, 0.3) is 10.0 Å². The highest BCUT2D eigenvalue weighted by Gasteiger charge is 2.22. The second-order valence-electron chi connectivity index (χ2n) is 16.8. The Kier molecular flexibility index (Phi) is 16.5. The summed E-state index contributed by atoms with van der Waals surface area (Å²) < 4.78 is 65.6. The lowest BCUT2D eigenvalue weighted by molar-refractivity contribution is -0.154. The molecule has 0 fully saturated rings. The molecule has 66 heavy (non-hydrogen) atoms. The Labute approximate surface area is 384 Å². The molecule has 0 aliphatic carbocycles. The van der Waals surface area contributed by atoms with Gasteiger partial charge in [0.05, 0.1) is 38.3 Å². The molecule has 4 heterocycles. The number of sulfonamides is 1. The minimum Gasteiger partial charge on any atom is -0.481 e. The molecular weight excluding hydrogens is 891 g/mol. The number of hydrogen-bond acceptors (Lipinski definition) is 15. The van der Waals surface area contributed by atoms with Crippen LogP contribution in [0.15, 0.2) is 95.5 Å². The van der Waals surface area contributed by atoms with E-state index >= 15 is 0 Å². The molecule has 0 radical (unpaired) electrons. The van der Waals surface area contributed by atoms with Crippen molar-refractivity contribution in [3.63, 3.8) is 0 Å². The van der Waals surface area contributed by atoms with Gasteiger partial charge >= 0.3 is 11.9 Å². The Morgan fingerprint density at radius 3 is 1.56 bits per heavy atom. The maximum Gasteiger partial charge on any atom is 0.310 e. The van der Waals surface area contributed by atoms with E-state index in [9.17, 15) is 31.5 Å². The molecule has 2 aromatic carbocycles. The number of carboxylic acids is 1. The van der Waals surface area contributed by atoms with E-state index in [1.807, 2.05) is 71.0 Å². The molecule has 19 nitrogen and oxygen atoms in total. The van der Waals surface area contributed by atoms with E-state index in [0.717, 1.165) is 45.2 Å². The fourth-order valence-corrected chi connectivity index (χ4v) is 7.83. The SMILES string of the molecule is CC(C)c1cccc(-c2cnnc(OCCn3ccc(S(C)(=O)=O)n3)c2)c1CC(=O)OC(C)(C)C.CC(C)c1cccc(-c2cnnc(OCCn3ccc(S(N)(=O)=O)n3)c2)c1CC(=O)O. The van der Waals surface area contributed by atoms with Crippen LogP contribution < -0.4 is 14.6 Å². The van der Waals surface area contributed by atoms with Crippen LogP contribution in [0, 0.1) is 0 Å². The van der Waals surface area contributed by atoms with Crippen LogP contribution in [0.25, 0.3) is 22.3 Å². The molecule has 0 amide bonds. The molecule has 0 bridgehead atoms. The zero-order valence-corrected chi connectivity index (χ0v) is 39.7. The van der Waals surface area contributed by atoms with E-state index in [1.54, 1.807) is 30.7 Å². The lowest BCUT2D eigenvalue weighted by Crippen LogP contribution is -2.25. The third-order valence-electron chi connectivity index (χ3n) is 9.67.